The van der Waals surface area contributed by atoms with Gasteiger partial charge in [-0.2, -0.15) is 5.12 Å². The molecule has 0 spiro atoms. The lowest BCUT2D eigenvalue weighted by Gasteiger charge is -2.13. The first-order valence-corrected chi connectivity index (χ1v) is 6.40. The van der Waals surface area contributed by atoms with E-state index in [1.54, 1.807) is 0 Å². The molecule has 0 saturated carbocycles. The Bertz CT molecular complexity index is 581. The minimum atomic E-state index is -2.67. The summed E-state index contributed by atoms with van der Waals surface area (Å²) in [5, 5.41) is 4.55. The molecule has 0 saturated heterocycles. The molecule has 102 valence electrons. The van der Waals surface area contributed by atoms with E-state index in [1.807, 2.05) is 0 Å². The standard InChI is InChI=1S/C11H13N3O4S/c1-7(15)11(8(2)16)13-14(12)9-3-5-10(6-4-9)19(17)18/h3-6,19H,12H2,1-2H3. The first-order valence-electron chi connectivity index (χ1n) is 5.22. The number of anilines is 1. The van der Waals surface area contributed by atoms with Crippen molar-refractivity contribution in [2.45, 2.75) is 18.7 Å². The minimum Gasteiger partial charge on any atom is -0.293 e. The van der Waals surface area contributed by atoms with Crippen LogP contribution in [0, 0.1) is 0 Å². The predicted molar refractivity (Wildman–Crippen MR) is 70.5 cm³/mol. The number of rotatable bonds is 5. The van der Waals surface area contributed by atoms with Crippen molar-refractivity contribution in [3.8, 4) is 0 Å². The summed E-state index contributed by atoms with van der Waals surface area (Å²) in [5.74, 6) is 4.59. The molecule has 0 unspecified atom stereocenters. The van der Waals surface area contributed by atoms with Crippen LogP contribution in [0.4, 0.5) is 5.69 Å². The molecule has 2 N–H and O–H groups in total. The Morgan fingerprint density at radius 2 is 1.58 bits per heavy atom. The number of hydrazone groups is 1. The highest BCUT2D eigenvalue weighted by molar-refractivity contribution is 7.72. The smallest absolute Gasteiger partial charge is 0.183 e. The van der Waals surface area contributed by atoms with Gasteiger partial charge in [-0.05, 0) is 24.3 Å². The molecule has 7 nitrogen and oxygen atoms in total. The number of nitrogens with zero attached hydrogens (tertiary/aromatic N) is 2. The van der Waals surface area contributed by atoms with E-state index < -0.39 is 22.3 Å². The predicted octanol–water partition coefficient (Wildman–Crippen LogP) is -0.129. The third-order valence-electron chi connectivity index (χ3n) is 2.20. The van der Waals surface area contributed by atoms with E-state index in [9.17, 15) is 18.0 Å². The van der Waals surface area contributed by atoms with E-state index in [2.05, 4.69) is 5.10 Å². The van der Waals surface area contributed by atoms with Crippen LogP contribution in [0.5, 0.6) is 0 Å². The van der Waals surface area contributed by atoms with Crippen molar-refractivity contribution in [3.63, 3.8) is 0 Å². The van der Waals surface area contributed by atoms with Crippen molar-refractivity contribution in [2.24, 2.45) is 10.9 Å². The maximum Gasteiger partial charge on any atom is 0.183 e. The highest BCUT2D eigenvalue weighted by atomic mass is 32.2. The maximum absolute atomic E-state index is 11.2. The third-order valence-corrected chi connectivity index (χ3v) is 2.92. The summed E-state index contributed by atoms with van der Waals surface area (Å²) in [7, 11) is -2.67. The maximum atomic E-state index is 11.2. The lowest BCUT2D eigenvalue weighted by molar-refractivity contribution is -0.114. The zero-order valence-corrected chi connectivity index (χ0v) is 11.3. The van der Waals surface area contributed by atoms with Crippen LogP contribution in [0.1, 0.15) is 13.8 Å². The summed E-state index contributed by atoms with van der Waals surface area (Å²) < 4.78 is 21.4. The minimum absolute atomic E-state index is 0.134. The average Bonchev–Trinajstić information content (AvgIpc) is 2.34. The van der Waals surface area contributed by atoms with Gasteiger partial charge < -0.3 is 0 Å². The number of hydrogen-bond acceptors (Lipinski definition) is 7. The number of carbonyl (C=O) groups excluding carboxylic acids is 2. The molecule has 0 aromatic heterocycles. The van der Waals surface area contributed by atoms with Gasteiger partial charge >= 0.3 is 0 Å². The van der Waals surface area contributed by atoms with E-state index >= 15 is 0 Å². The number of nitrogens with two attached hydrogens (primary N) is 1. The Kier molecular flexibility index (Phi) is 4.90. The second-order valence-electron chi connectivity index (χ2n) is 3.68. The highest BCUT2D eigenvalue weighted by Gasteiger charge is 2.13. The SMILES string of the molecule is CC(=O)C(=NN(N)c1ccc([SH](=O)=O)cc1)C(C)=O. The number of thiol groups is 1. The highest BCUT2D eigenvalue weighted by Crippen LogP contribution is 2.13. The molecule has 1 rings (SSSR count). The van der Waals surface area contributed by atoms with Gasteiger partial charge in [0.05, 0.1) is 10.6 Å². The van der Waals surface area contributed by atoms with Crippen molar-refractivity contribution < 1.29 is 18.0 Å². The van der Waals surface area contributed by atoms with Gasteiger partial charge in [0.25, 0.3) is 0 Å². The molecule has 1 aromatic rings. The van der Waals surface area contributed by atoms with Crippen molar-refractivity contribution in [3.05, 3.63) is 24.3 Å². The lowest BCUT2D eigenvalue weighted by atomic mass is 10.2. The fourth-order valence-electron chi connectivity index (χ4n) is 1.28. The summed E-state index contributed by atoms with van der Waals surface area (Å²) in [4.78, 5) is 22.5. The average molecular weight is 283 g/mol. The van der Waals surface area contributed by atoms with Crippen LogP contribution >= 0.6 is 0 Å². The summed E-state index contributed by atoms with van der Waals surface area (Å²) >= 11 is 0. The fraction of sp³-hybridized carbons (Fsp3) is 0.182. The molecule has 0 heterocycles. The Morgan fingerprint density at radius 3 is 1.95 bits per heavy atom. The van der Waals surface area contributed by atoms with E-state index in [4.69, 9.17) is 5.84 Å². The monoisotopic (exact) mass is 283 g/mol. The molecule has 1 aromatic carbocycles. The molecule has 0 atom stereocenters. The first-order chi connectivity index (χ1) is 8.82. The summed E-state index contributed by atoms with van der Waals surface area (Å²) in [6.07, 6.45) is 0. The van der Waals surface area contributed by atoms with Gasteiger partial charge in [-0.15, -0.1) is 5.10 Å². The van der Waals surface area contributed by atoms with Crippen LogP contribution in [0.2, 0.25) is 0 Å². The molecule has 0 aliphatic rings. The molecule has 0 bridgehead atoms. The van der Waals surface area contributed by atoms with E-state index in [0.717, 1.165) is 5.12 Å². The molecular formula is C11H13N3O4S. The van der Waals surface area contributed by atoms with E-state index in [0.29, 0.717) is 5.69 Å². The van der Waals surface area contributed by atoms with Gasteiger partial charge in [0.2, 0.25) is 0 Å². The normalized spacial score (nSPS) is 10.1. The molecule has 8 heteroatoms. The molecule has 19 heavy (non-hydrogen) atoms. The largest absolute Gasteiger partial charge is 0.293 e. The van der Waals surface area contributed by atoms with Crippen LogP contribution in [-0.4, -0.2) is 25.7 Å². The summed E-state index contributed by atoms with van der Waals surface area (Å²) in [6, 6.07) is 5.53. The second-order valence-corrected chi connectivity index (χ2v) is 4.71. The number of hydrogen-bond donors (Lipinski definition) is 2. The number of ketones is 2. The van der Waals surface area contributed by atoms with Crippen LogP contribution in [0.3, 0.4) is 0 Å². The quantitative estimate of drug-likeness (QED) is 0.256. The van der Waals surface area contributed by atoms with E-state index in [-0.39, 0.29) is 10.6 Å². The van der Waals surface area contributed by atoms with Crippen molar-refractivity contribution in [1.82, 2.24) is 0 Å². The number of benzene rings is 1. The van der Waals surface area contributed by atoms with E-state index in [1.165, 1.54) is 38.1 Å². The van der Waals surface area contributed by atoms with Crippen LogP contribution < -0.4 is 11.0 Å². The van der Waals surface area contributed by atoms with Crippen LogP contribution in [0.15, 0.2) is 34.3 Å². The Hall–Kier alpha value is -2.06. The van der Waals surface area contributed by atoms with Crippen LogP contribution in [-0.2, 0) is 20.3 Å². The van der Waals surface area contributed by atoms with Crippen LogP contribution in [0.25, 0.3) is 0 Å². The summed E-state index contributed by atoms with van der Waals surface area (Å²) in [5.41, 5.74) is 0.0714. The molecular weight excluding hydrogens is 270 g/mol. The second kappa shape index (κ2) is 6.21. The molecule has 0 fully saturated rings. The molecule has 0 aliphatic heterocycles. The van der Waals surface area contributed by atoms with Gasteiger partial charge in [0.1, 0.15) is 0 Å². The van der Waals surface area contributed by atoms with Gasteiger partial charge in [-0.25, -0.2) is 14.3 Å². The summed E-state index contributed by atoms with van der Waals surface area (Å²) in [6.45, 7) is 2.42. The Labute approximate surface area is 111 Å². The Balaban J connectivity index is 3.06. The van der Waals surface area contributed by atoms with Gasteiger partial charge in [0, 0.05) is 13.8 Å². The lowest BCUT2D eigenvalue weighted by Crippen LogP contribution is -2.30. The topological polar surface area (TPSA) is 110 Å². The van der Waals surface area contributed by atoms with Gasteiger partial charge in [-0.3, -0.25) is 9.59 Å². The van der Waals surface area contributed by atoms with Gasteiger partial charge in [-0.1, -0.05) is 0 Å². The number of hydrazine groups is 1. The number of carbonyl (C=O) groups is 2. The molecule has 0 radical (unpaired) electrons. The van der Waals surface area contributed by atoms with Crippen molar-refractivity contribution in [1.29, 1.82) is 0 Å². The molecule has 0 aliphatic carbocycles. The third kappa shape index (κ3) is 3.97. The zero-order chi connectivity index (χ0) is 14.6. The van der Waals surface area contributed by atoms with Crippen molar-refractivity contribution >= 4 is 33.7 Å². The Morgan fingerprint density at radius 1 is 1.11 bits per heavy atom. The van der Waals surface area contributed by atoms with Crippen molar-refractivity contribution in [2.75, 3.05) is 5.12 Å². The number of Topliss-reactive ketones (excluding diaryl/α,β-unsaturated/α-hetero) is 2. The fourth-order valence-corrected chi connectivity index (χ4v) is 1.67. The zero-order valence-electron chi connectivity index (χ0n) is 10.4. The first kappa shape index (κ1) is 15.0. The molecule has 0 amide bonds. The van der Waals surface area contributed by atoms with Gasteiger partial charge in [0.15, 0.2) is 28.0 Å².